The molecule has 2 aromatic carbocycles. The van der Waals surface area contributed by atoms with Gasteiger partial charge in [-0.1, -0.05) is 6.07 Å². The second-order valence-electron chi connectivity index (χ2n) is 9.64. The zero-order valence-corrected chi connectivity index (χ0v) is 22.6. The predicted molar refractivity (Wildman–Crippen MR) is 141 cm³/mol. The molecule has 0 saturated carbocycles. The molecule has 3 aromatic rings. The lowest BCUT2D eigenvalue weighted by Gasteiger charge is -2.27. The molecule has 9 nitrogen and oxygen atoms in total. The van der Waals surface area contributed by atoms with E-state index < -0.39 is 15.9 Å². The van der Waals surface area contributed by atoms with E-state index in [1.165, 1.54) is 33.8 Å². The van der Waals surface area contributed by atoms with Gasteiger partial charge in [0.05, 0.1) is 26.0 Å². The monoisotopic (exact) mass is 558 g/mol. The first kappa shape index (κ1) is 25.2. The molecule has 1 N–H and O–H groups in total. The number of fused-ring (bicyclic) bond motifs is 2. The number of likely N-dealkylation sites (N-methyl/N-ethyl adjacent to an activating group) is 1. The highest BCUT2D eigenvalue weighted by atomic mass is 32.2. The molecule has 4 heterocycles. The third kappa shape index (κ3) is 4.25. The number of hydrogen-bond acceptors (Lipinski definition) is 8. The number of nitrogens with zero attached hydrogens (tertiary/aromatic N) is 3. The molecule has 38 heavy (non-hydrogen) atoms. The zero-order valence-electron chi connectivity index (χ0n) is 21.0. The number of aromatic nitrogens is 1. The molecular weight excluding hydrogens is 531 g/mol. The van der Waals surface area contributed by atoms with Crippen molar-refractivity contribution in [2.45, 2.75) is 17.7 Å². The number of halogens is 1. The molecule has 0 fully saturated rings. The highest BCUT2D eigenvalue weighted by Gasteiger charge is 2.40. The number of carbonyl (C=O) groups is 1. The SMILES string of the molecule is CNCC(C(=O)N1CC2=C(C1)CN(S(=O)(=O)c1ccc3c(c1)OCCO3)C2)c1ccc(F)c2sc(C)nc12. The first-order valence-corrected chi connectivity index (χ1v) is 14.6. The van der Waals surface area contributed by atoms with E-state index in [0.29, 0.717) is 60.1 Å². The maximum atomic E-state index is 14.4. The van der Waals surface area contributed by atoms with E-state index in [1.807, 2.05) is 6.92 Å². The number of ether oxygens (including phenoxy) is 2. The van der Waals surface area contributed by atoms with Gasteiger partial charge in [0.2, 0.25) is 15.9 Å². The maximum absolute atomic E-state index is 14.4. The Morgan fingerprint density at radius 3 is 2.53 bits per heavy atom. The van der Waals surface area contributed by atoms with E-state index in [4.69, 9.17) is 9.47 Å². The minimum absolute atomic E-state index is 0.0893. The van der Waals surface area contributed by atoms with Gasteiger partial charge in [0.1, 0.15) is 19.0 Å². The second-order valence-corrected chi connectivity index (χ2v) is 12.8. The van der Waals surface area contributed by atoms with Gasteiger partial charge < -0.3 is 19.7 Å². The van der Waals surface area contributed by atoms with Crippen molar-refractivity contribution in [3.05, 3.63) is 57.9 Å². The smallest absolute Gasteiger partial charge is 0.243 e. The number of amides is 1. The van der Waals surface area contributed by atoms with E-state index >= 15 is 0 Å². The summed E-state index contributed by atoms with van der Waals surface area (Å²) in [5.74, 6) is -0.00907. The number of sulfonamides is 1. The van der Waals surface area contributed by atoms with Gasteiger partial charge in [-0.15, -0.1) is 11.3 Å². The lowest BCUT2D eigenvalue weighted by Crippen LogP contribution is -2.40. The Morgan fingerprint density at radius 2 is 1.82 bits per heavy atom. The summed E-state index contributed by atoms with van der Waals surface area (Å²) in [6.45, 7) is 4.20. The highest BCUT2D eigenvalue weighted by Crippen LogP contribution is 2.37. The standard InChI is InChI=1S/C26H27FN4O5S2/c1-15-29-24-19(4-5-21(27)25(24)37-15)20(10-28-2)26(32)30-11-16-13-31(14-17(16)12-30)38(33,34)18-3-6-22-23(9-18)36-8-7-35-22/h3-6,9,20,28H,7-8,10-14H2,1-2H3. The van der Waals surface area contributed by atoms with Gasteiger partial charge in [0.25, 0.3) is 0 Å². The average molecular weight is 559 g/mol. The van der Waals surface area contributed by atoms with Crippen molar-refractivity contribution in [2.24, 2.45) is 0 Å². The van der Waals surface area contributed by atoms with Crippen LogP contribution in [0.25, 0.3) is 10.2 Å². The molecule has 3 aliphatic rings. The number of hydrogen-bond donors (Lipinski definition) is 1. The minimum Gasteiger partial charge on any atom is -0.486 e. The van der Waals surface area contributed by atoms with Crippen molar-refractivity contribution in [3.63, 3.8) is 0 Å². The van der Waals surface area contributed by atoms with Crippen LogP contribution in [0.3, 0.4) is 0 Å². The molecule has 1 amide bonds. The molecule has 12 heteroatoms. The van der Waals surface area contributed by atoms with Crippen LogP contribution in [0.1, 0.15) is 16.5 Å². The summed E-state index contributed by atoms with van der Waals surface area (Å²) in [4.78, 5) is 20.2. The van der Waals surface area contributed by atoms with E-state index in [2.05, 4.69) is 10.3 Å². The van der Waals surface area contributed by atoms with Crippen LogP contribution in [-0.4, -0.2) is 81.5 Å². The lowest BCUT2D eigenvalue weighted by molar-refractivity contribution is -0.131. The van der Waals surface area contributed by atoms with Crippen LogP contribution in [-0.2, 0) is 14.8 Å². The van der Waals surface area contributed by atoms with E-state index in [1.54, 1.807) is 24.1 Å². The summed E-state index contributed by atoms with van der Waals surface area (Å²) in [5, 5.41) is 3.83. The summed E-state index contributed by atoms with van der Waals surface area (Å²) < 4.78 is 54.1. The summed E-state index contributed by atoms with van der Waals surface area (Å²) >= 11 is 1.28. The molecule has 0 saturated heterocycles. The molecule has 0 radical (unpaired) electrons. The van der Waals surface area contributed by atoms with Crippen molar-refractivity contribution >= 4 is 37.5 Å². The van der Waals surface area contributed by atoms with Crippen molar-refractivity contribution in [1.82, 2.24) is 19.5 Å². The van der Waals surface area contributed by atoms with Crippen molar-refractivity contribution in [1.29, 1.82) is 0 Å². The van der Waals surface area contributed by atoms with Crippen LogP contribution in [0.4, 0.5) is 4.39 Å². The van der Waals surface area contributed by atoms with Gasteiger partial charge in [-0.2, -0.15) is 4.31 Å². The zero-order chi connectivity index (χ0) is 26.6. The third-order valence-electron chi connectivity index (χ3n) is 7.18. The molecular formula is C26H27FN4O5S2. The van der Waals surface area contributed by atoms with Crippen LogP contribution < -0.4 is 14.8 Å². The molecule has 0 bridgehead atoms. The van der Waals surface area contributed by atoms with E-state index in [0.717, 1.165) is 16.2 Å². The van der Waals surface area contributed by atoms with Gasteiger partial charge in [0.15, 0.2) is 11.5 Å². The lowest BCUT2D eigenvalue weighted by atomic mass is 9.96. The third-order valence-corrected chi connectivity index (χ3v) is 9.94. The molecule has 1 atom stereocenters. The number of carbonyl (C=O) groups excluding carboxylic acids is 1. The quantitative estimate of drug-likeness (QED) is 0.465. The largest absolute Gasteiger partial charge is 0.486 e. The Bertz CT molecular complexity index is 1570. The van der Waals surface area contributed by atoms with Crippen molar-refractivity contribution in [3.8, 4) is 11.5 Å². The molecule has 0 spiro atoms. The number of thiazole rings is 1. The van der Waals surface area contributed by atoms with Gasteiger partial charge >= 0.3 is 0 Å². The van der Waals surface area contributed by atoms with Gasteiger partial charge in [-0.05, 0) is 48.9 Å². The summed E-state index contributed by atoms with van der Waals surface area (Å²) in [6, 6.07) is 7.71. The molecule has 200 valence electrons. The van der Waals surface area contributed by atoms with Crippen LogP contribution >= 0.6 is 11.3 Å². The molecule has 3 aliphatic heterocycles. The average Bonchev–Trinajstić information content (AvgIpc) is 3.61. The second kappa shape index (κ2) is 9.60. The normalized spacial score (nSPS) is 18.3. The van der Waals surface area contributed by atoms with Crippen molar-refractivity contribution in [2.75, 3.05) is 53.0 Å². The van der Waals surface area contributed by atoms with Gasteiger partial charge in [-0.3, -0.25) is 4.79 Å². The van der Waals surface area contributed by atoms with Gasteiger partial charge in [-0.25, -0.2) is 17.8 Å². The first-order valence-electron chi connectivity index (χ1n) is 12.3. The maximum Gasteiger partial charge on any atom is 0.243 e. The number of rotatable bonds is 6. The summed E-state index contributed by atoms with van der Waals surface area (Å²) in [6.07, 6.45) is 0. The van der Waals surface area contributed by atoms with Crippen LogP contribution in [0.5, 0.6) is 11.5 Å². The Labute approximate surface area is 223 Å². The van der Waals surface area contributed by atoms with Crippen molar-refractivity contribution < 1.29 is 27.1 Å². The number of aryl methyl sites for hydroxylation is 1. The Kier molecular flexibility index (Phi) is 6.37. The number of benzene rings is 2. The van der Waals surface area contributed by atoms with E-state index in [9.17, 15) is 17.6 Å². The summed E-state index contributed by atoms with van der Waals surface area (Å²) in [5.41, 5.74) is 3.10. The Morgan fingerprint density at radius 1 is 1.11 bits per heavy atom. The van der Waals surface area contributed by atoms with E-state index in [-0.39, 0.29) is 29.7 Å². The fourth-order valence-electron chi connectivity index (χ4n) is 5.34. The predicted octanol–water partition coefficient (Wildman–Crippen LogP) is 2.66. The summed E-state index contributed by atoms with van der Waals surface area (Å²) in [7, 11) is -1.97. The van der Waals surface area contributed by atoms with Gasteiger partial charge in [0, 0.05) is 38.8 Å². The van der Waals surface area contributed by atoms with Crippen LogP contribution in [0, 0.1) is 12.7 Å². The first-order chi connectivity index (χ1) is 18.3. The Balaban J connectivity index is 1.18. The van der Waals surface area contributed by atoms with Crippen LogP contribution in [0.2, 0.25) is 0 Å². The number of nitrogens with one attached hydrogen (secondary N) is 1. The topological polar surface area (TPSA) is 101 Å². The molecule has 1 unspecified atom stereocenters. The van der Waals surface area contributed by atoms with Crippen LogP contribution in [0.15, 0.2) is 46.4 Å². The fraction of sp³-hybridized carbons (Fsp3) is 0.385. The molecule has 1 aromatic heterocycles. The Hall–Kier alpha value is -3.06. The molecule has 0 aliphatic carbocycles. The highest BCUT2D eigenvalue weighted by molar-refractivity contribution is 7.89. The fourth-order valence-corrected chi connectivity index (χ4v) is 7.65. The molecule has 6 rings (SSSR count). The minimum atomic E-state index is -3.75.